The Morgan fingerprint density at radius 1 is 0.469 bits per heavy atom. The lowest BCUT2D eigenvalue weighted by Gasteiger charge is -2.16. The first kappa shape index (κ1) is 31.4. The fraction of sp³-hybridized carbons (Fsp3) is 0.952. The predicted molar refractivity (Wildman–Crippen MR) is 122 cm³/mol. The van der Waals surface area contributed by atoms with Gasteiger partial charge in [0.05, 0.1) is 99.1 Å². The molecule has 0 bridgehead atoms. The van der Waals surface area contributed by atoms with Crippen molar-refractivity contribution >= 4 is 14.3 Å². The van der Waals surface area contributed by atoms with Crippen molar-refractivity contribution < 1.29 is 47.1 Å². The molecule has 0 aliphatic heterocycles. The summed E-state index contributed by atoms with van der Waals surface area (Å²) < 4.78 is 48.2. The summed E-state index contributed by atoms with van der Waals surface area (Å²) in [6, 6.07) is 0. The van der Waals surface area contributed by atoms with Crippen molar-refractivity contribution in [2.24, 2.45) is 0 Å². The largest absolute Gasteiger partial charge is 0.463 e. The van der Waals surface area contributed by atoms with E-state index in [0.29, 0.717) is 99.1 Å². The summed E-state index contributed by atoms with van der Waals surface area (Å²) in [7, 11) is -1.44. The van der Waals surface area contributed by atoms with Gasteiger partial charge in [-0.05, 0) is 19.6 Å². The highest BCUT2D eigenvalue weighted by molar-refractivity contribution is 6.69. The van der Waals surface area contributed by atoms with Crippen LogP contribution >= 0.6 is 0 Å². The molecule has 0 rings (SSSR count). The molecule has 0 heterocycles. The summed E-state index contributed by atoms with van der Waals surface area (Å²) in [6.45, 7) is 15.9. The van der Waals surface area contributed by atoms with E-state index in [2.05, 4.69) is 19.6 Å². The summed E-state index contributed by atoms with van der Waals surface area (Å²) >= 11 is 0. The monoisotopic (exact) mass is 484 g/mol. The summed E-state index contributed by atoms with van der Waals surface area (Å²) in [5, 5.41) is 0. The molecule has 0 aromatic rings. The molecule has 0 radical (unpaired) electrons. The van der Waals surface area contributed by atoms with Gasteiger partial charge in [0, 0.05) is 6.92 Å². The number of carbonyl (C=O) groups excluding carboxylic acids is 1. The van der Waals surface area contributed by atoms with Gasteiger partial charge in [-0.2, -0.15) is 0 Å². The van der Waals surface area contributed by atoms with Crippen LogP contribution < -0.4 is 0 Å². The van der Waals surface area contributed by atoms with Gasteiger partial charge in [0.25, 0.3) is 0 Å². The highest BCUT2D eigenvalue weighted by Crippen LogP contribution is 2.01. The van der Waals surface area contributed by atoms with Crippen molar-refractivity contribution in [2.45, 2.75) is 26.6 Å². The molecule has 0 N–H and O–H groups in total. The second-order valence-electron chi connectivity index (χ2n) is 7.59. The molecule has 0 saturated heterocycles. The fourth-order valence-corrected chi connectivity index (χ4v) is 2.77. The molecule has 0 aliphatic rings. The smallest absolute Gasteiger partial charge is 0.302 e. The van der Waals surface area contributed by atoms with Crippen LogP contribution in [0.2, 0.25) is 19.6 Å². The van der Waals surface area contributed by atoms with Crippen LogP contribution in [0.5, 0.6) is 0 Å². The fourth-order valence-electron chi connectivity index (χ4n) is 2.07. The first-order chi connectivity index (χ1) is 15.4. The maximum atomic E-state index is 10.5. The number of hydrogen-bond acceptors (Lipinski definition) is 10. The Kier molecular flexibility index (Phi) is 23.1. The number of carbonyl (C=O) groups is 1. The molecule has 0 unspecified atom stereocenters. The molecule has 0 atom stereocenters. The molecule has 0 aromatic heterocycles. The number of rotatable bonds is 25. The van der Waals surface area contributed by atoms with Crippen LogP contribution in [0.15, 0.2) is 0 Å². The number of ether oxygens (including phenoxy) is 8. The number of hydrogen-bond donors (Lipinski definition) is 0. The first-order valence-corrected chi connectivity index (χ1v) is 14.6. The van der Waals surface area contributed by atoms with Crippen molar-refractivity contribution in [3.63, 3.8) is 0 Å². The van der Waals surface area contributed by atoms with E-state index in [1.165, 1.54) is 6.92 Å². The topological polar surface area (TPSA) is 100 Å². The van der Waals surface area contributed by atoms with Crippen LogP contribution in [0, 0.1) is 0 Å². The van der Waals surface area contributed by atoms with E-state index in [9.17, 15) is 4.79 Å². The molecule has 0 fully saturated rings. The summed E-state index contributed by atoms with van der Waals surface area (Å²) in [6.07, 6.45) is 0. The van der Waals surface area contributed by atoms with Crippen LogP contribution in [0.25, 0.3) is 0 Å². The van der Waals surface area contributed by atoms with Gasteiger partial charge in [0.1, 0.15) is 6.61 Å². The highest BCUT2D eigenvalue weighted by Gasteiger charge is 2.12. The molecule has 32 heavy (non-hydrogen) atoms. The summed E-state index contributed by atoms with van der Waals surface area (Å²) in [5.41, 5.74) is 0. The van der Waals surface area contributed by atoms with Crippen LogP contribution in [0.4, 0.5) is 0 Å². The second kappa shape index (κ2) is 23.5. The highest BCUT2D eigenvalue weighted by atomic mass is 28.4. The molecule has 11 heteroatoms. The average Bonchev–Trinajstić information content (AvgIpc) is 2.72. The zero-order chi connectivity index (χ0) is 23.8. The van der Waals surface area contributed by atoms with Gasteiger partial charge in [-0.3, -0.25) is 4.79 Å². The third-order valence-electron chi connectivity index (χ3n) is 3.53. The van der Waals surface area contributed by atoms with E-state index < -0.39 is 8.32 Å². The van der Waals surface area contributed by atoms with Crippen molar-refractivity contribution in [2.75, 3.05) is 106 Å². The van der Waals surface area contributed by atoms with E-state index in [-0.39, 0.29) is 12.6 Å². The predicted octanol–water partition coefficient (Wildman–Crippen LogP) is 1.52. The standard InChI is InChI=1S/C21H44O10Si/c1-21(22)30-19-17-28-15-13-26-11-9-24-7-5-23-6-8-25-10-12-27-14-16-29-18-20-31-32(2,3)4/h5-20H2,1-4H3. The molecular weight excluding hydrogens is 440 g/mol. The average molecular weight is 485 g/mol. The Morgan fingerprint density at radius 3 is 0.969 bits per heavy atom. The normalized spacial score (nSPS) is 11.8. The van der Waals surface area contributed by atoms with Gasteiger partial charge in [0.15, 0.2) is 8.32 Å². The molecule has 0 aromatic carbocycles. The van der Waals surface area contributed by atoms with Crippen LogP contribution in [0.3, 0.4) is 0 Å². The van der Waals surface area contributed by atoms with E-state index in [4.69, 9.17) is 42.3 Å². The van der Waals surface area contributed by atoms with E-state index in [1.807, 2.05) is 0 Å². The van der Waals surface area contributed by atoms with Gasteiger partial charge < -0.3 is 42.3 Å². The van der Waals surface area contributed by atoms with Crippen molar-refractivity contribution in [1.29, 1.82) is 0 Å². The van der Waals surface area contributed by atoms with Crippen LogP contribution in [-0.2, 0) is 47.1 Å². The lowest BCUT2D eigenvalue weighted by molar-refractivity contribution is -0.142. The Bertz CT molecular complexity index is 407. The Hall–Kier alpha value is -0.633. The minimum atomic E-state index is -1.44. The van der Waals surface area contributed by atoms with Crippen LogP contribution in [-0.4, -0.2) is 120 Å². The quantitative estimate of drug-likeness (QED) is 0.108. The lowest BCUT2D eigenvalue weighted by atomic mass is 10.6. The molecule has 0 saturated carbocycles. The summed E-state index contributed by atoms with van der Waals surface area (Å²) in [5.74, 6) is -0.305. The molecule has 10 nitrogen and oxygen atoms in total. The lowest BCUT2D eigenvalue weighted by Crippen LogP contribution is -2.27. The zero-order valence-corrected chi connectivity index (χ0v) is 21.4. The second-order valence-corrected chi connectivity index (χ2v) is 12.1. The van der Waals surface area contributed by atoms with Gasteiger partial charge in [-0.15, -0.1) is 0 Å². The van der Waals surface area contributed by atoms with Crippen LogP contribution in [0.1, 0.15) is 6.92 Å². The zero-order valence-electron chi connectivity index (χ0n) is 20.4. The Morgan fingerprint density at radius 2 is 0.719 bits per heavy atom. The molecule has 0 amide bonds. The third-order valence-corrected chi connectivity index (χ3v) is 4.60. The molecule has 0 spiro atoms. The van der Waals surface area contributed by atoms with Crippen molar-refractivity contribution in [3.8, 4) is 0 Å². The van der Waals surface area contributed by atoms with Gasteiger partial charge in [0.2, 0.25) is 0 Å². The third kappa shape index (κ3) is 29.4. The van der Waals surface area contributed by atoms with Crippen molar-refractivity contribution in [1.82, 2.24) is 0 Å². The van der Waals surface area contributed by atoms with Crippen molar-refractivity contribution in [3.05, 3.63) is 0 Å². The number of esters is 1. The molecule has 192 valence electrons. The van der Waals surface area contributed by atoms with E-state index in [0.717, 1.165) is 0 Å². The van der Waals surface area contributed by atoms with Gasteiger partial charge in [-0.1, -0.05) is 0 Å². The first-order valence-electron chi connectivity index (χ1n) is 11.2. The minimum absolute atomic E-state index is 0.266. The summed E-state index contributed by atoms with van der Waals surface area (Å²) in [4.78, 5) is 10.5. The molecule has 0 aliphatic carbocycles. The van der Waals surface area contributed by atoms with E-state index in [1.54, 1.807) is 0 Å². The molecular formula is C21H44O10Si. The Balaban J connectivity index is 3.04. The van der Waals surface area contributed by atoms with Gasteiger partial charge >= 0.3 is 5.97 Å². The maximum absolute atomic E-state index is 10.5. The Labute approximate surface area is 194 Å². The SMILES string of the molecule is CC(=O)OCCOCCOCCOCCOCCOCCOCCOCCO[Si](C)(C)C. The van der Waals surface area contributed by atoms with Gasteiger partial charge in [-0.25, -0.2) is 0 Å². The minimum Gasteiger partial charge on any atom is -0.463 e. The van der Waals surface area contributed by atoms with E-state index >= 15 is 0 Å². The maximum Gasteiger partial charge on any atom is 0.302 e.